The van der Waals surface area contributed by atoms with Crippen LogP contribution in [-0.2, 0) is 0 Å². The maximum Gasteiger partial charge on any atom is 0.402 e. The highest BCUT2D eigenvalue weighted by atomic mass is 24.5. The number of rotatable bonds is 2. The molecular weight excluding hydrogens is 108 g/mol. The summed E-state index contributed by atoms with van der Waals surface area (Å²) in [6.45, 7) is 2.28. The van der Waals surface area contributed by atoms with E-state index in [1.165, 1.54) is 11.0 Å². The van der Waals surface area contributed by atoms with Gasteiger partial charge in [-0.1, -0.05) is 25.2 Å². The second kappa shape index (κ2) is 3.31. The van der Waals surface area contributed by atoms with Crippen molar-refractivity contribution in [1.82, 2.24) is 0 Å². The van der Waals surface area contributed by atoms with Gasteiger partial charge in [-0.2, -0.15) is 3.70 Å². The SMILES string of the molecule is C[CH2][Mg][C]1=CC=CC1. The molecule has 0 aromatic heterocycles. The van der Waals surface area contributed by atoms with Crippen molar-refractivity contribution in [3.63, 3.8) is 0 Å². The Bertz CT molecular complexity index is 122. The quantitative estimate of drug-likeness (QED) is 0.487. The van der Waals surface area contributed by atoms with Crippen molar-refractivity contribution in [3.8, 4) is 0 Å². The lowest BCUT2D eigenvalue weighted by Crippen LogP contribution is -1.88. The molecule has 0 heterocycles. The minimum atomic E-state index is 0.197. The number of allylic oxidation sites excluding steroid dienone is 4. The normalized spacial score (nSPS) is 15.9. The van der Waals surface area contributed by atoms with Crippen LogP contribution in [0.2, 0.25) is 4.55 Å². The van der Waals surface area contributed by atoms with Gasteiger partial charge in [-0.05, 0) is 6.42 Å². The Hall–Kier alpha value is 0.246. The summed E-state index contributed by atoms with van der Waals surface area (Å²) in [5.74, 6) is 0. The molecule has 0 nitrogen and oxygen atoms in total. The molecule has 1 aliphatic carbocycles. The molecule has 0 aliphatic heterocycles. The van der Waals surface area contributed by atoms with Crippen molar-refractivity contribution < 1.29 is 0 Å². The molecule has 1 rings (SSSR count). The first-order valence-electron chi connectivity index (χ1n) is 3.28. The first-order valence-corrected chi connectivity index (χ1v) is 4.98. The summed E-state index contributed by atoms with van der Waals surface area (Å²) < 4.78 is 3.15. The average molecular weight is 118 g/mol. The third-order valence-electron chi connectivity index (χ3n) is 1.42. The highest BCUT2D eigenvalue weighted by Crippen LogP contribution is 2.08. The molecule has 0 unspecified atom stereocenters. The van der Waals surface area contributed by atoms with Crippen molar-refractivity contribution in [2.45, 2.75) is 17.9 Å². The molecule has 1 heteroatoms. The van der Waals surface area contributed by atoms with Gasteiger partial charge in [0.15, 0.2) is 0 Å². The maximum absolute atomic E-state index is 2.29. The summed E-state index contributed by atoms with van der Waals surface area (Å²) in [5.41, 5.74) is 0. The van der Waals surface area contributed by atoms with Crippen LogP contribution in [0.3, 0.4) is 0 Å². The zero-order chi connectivity index (χ0) is 5.82. The summed E-state index contributed by atoms with van der Waals surface area (Å²) in [7, 11) is 0. The lowest BCUT2D eigenvalue weighted by molar-refractivity contribution is 1.36. The topological polar surface area (TPSA) is 0 Å². The van der Waals surface area contributed by atoms with E-state index in [1.807, 2.05) is 0 Å². The van der Waals surface area contributed by atoms with Crippen molar-refractivity contribution >= 4 is 20.4 Å². The molecule has 0 N–H and O–H groups in total. The van der Waals surface area contributed by atoms with Crippen LogP contribution in [0.1, 0.15) is 13.3 Å². The van der Waals surface area contributed by atoms with Gasteiger partial charge in [0, 0.05) is 0 Å². The molecule has 0 atom stereocenters. The van der Waals surface area contributed by atoms with E-state index in [0.29, 0.717) is 0 Å². The molecular formula is C7H10Mg. The molecule has 0 spiro atoms. The van der Waals surface area contributed by atoms with Gasteiger partial charge < -0.3 is 0 Å². The predicted molar refractivity (Wildman–Crippen MR) is 38.1 cm³/mol. The minimum Gasteiger partial charge on any atom is -0.191 e. The Morgan fingerprint density at radius 3 is 3.12 bits per heavy atom. The maximum atomic E-state index is 2.29. The van der Waals surface area contributed by atoms with Crippen LogP contribution in [-0.4, -0.2) is 20.4 Å². The molecule has 0 radical (unpaired) electrons. The molecule has 8 heavy (non-hydrogen) atoms. The third-order valence-corrected chi connectivity index (χ3v) is 3.09. The van der Waals surface area contributed by atoms with Gasteiger partial charge in [0.1, 0.15) is 0 Å². The molecule has 0 aromatic carbocycles. The van der Waals surface area contributed by atoms with Crippen LogP contribution < -0.4 is 0 Å². The number of hydrogen-bond donors (Lipinski definition) is 0. The monoisotopic (exact) mass is 118 g/mol. The Morgan fingerprint density at radius 2 is 2.62 bits per heavy atom. The molecule has 0 amide bonds. The molecule has 1 aliphatic rings. The molecule has 0 aromatic rings. The van der Waals surface area contributed by atoms with Crippen LogP contribution in [0.15, 0.2) is 21.9 Å². The van der Waals surface area contributed by atoms with Gasteiger partial charge in [-0.15, -0.1) is 4.55 Å². The largest absolute Gasteiger partial charge is 0.402 e. The van der Waals surface area contributed by atoms with E-state index in [9.17, 15) is 0 Å². The molecule has 0 fully saturated rings. The zero-order valence-corrected chi connectivity index (χ0v) is 6.77. The summed E-state index contributed by atoms with van der Waals surface area (Å²) in [6, 6.07) is 0. The Labute approximate surface area is 60.4 Å². The fourth-order valence-corrected chi connectivity index (χ4v) is 2.31. The van der Waals surface area contributed by atoms with Crippen LogP contribution >= 0.6 is 0 Å². The van der Waals surface area contributed by atoms with Gasteiger partial charge in [0.25, 0.3) is 0 Å². The second-order valence-corrected chi connectivity index (χ2v) is 4.62. The summed E-state index contributed by atoms with van der Waals surface area (Å²) in [4.78, 5) is 0. The predicted octanol–water partition coefficient (Wildman–Crippen LogP) is 1.97. The molecule has 0 saturated carbocycles. The van der Waals surface area contributed by atoms with Crippen molar-refractivity contribution in [3.05, 3.63) is 21.9 Å². The van der Waals surface area contributed by atoms with Gasteiger partial charge in [0.2, 0.25) is 0 Å². The van der Waals surface area contributed by atoms with Gasteiger partial charge >= 0.3 is 20.4 Å². The van der Waals surface area contributed by atoms with E-state index < -0.39 is 0 Å². The number of hydrogen-bond acceptors (Lipinski definition) is 0. The Kier molecular flexibility index (Phi) is 2.63. The van der Waals surface area contributed by atoms with E-state index in [2.05, 4.69) is 25.2 Å². The van der Waals surface area contributed by atoms with Gasteiger partial charge in [-0.25, -0.2) is 0 Å². The summed E-state index contributed by atoms with van der Waals surface area (Å²) in [6.07, 6.45) is 7.98. The van der Waals surface area contributed by atoms with Crippen LogP contribution in [0.25, 0.3) is 0 Å². The highest BCUT2D eigenvalue weighted by molar-refractivity contribution is 6.45. The van der Waals surface area contributed by atoms with E-state index >= 15 is 0 Å². The van der Waals surface area contributed by atoms with Crippen molar-refractivity contribution in [1.29, 1.82) is 0 Å². The van der Waals surface area contributed by atoms with E-state index in [0.717, 1.165) is 0 Å². The first-order chi connectivity index (χ1) is 3.93. The summed E-state index contributed by atoms with van der Waals surface area (Å²) >= 11 is 0.197. The van der Waals surface area contributed by atoms with Crippen LogP contribution in [0, 0.1) is 0 Å². The van der Waals surface area contributed by atoms with Gasteiger partial charge in [-0.3, -0.25) is 0 Å². The fourth-order valence-electron chi connectivity index (χ4n) is 0.998. The zero-order valence-electron chi connectivity index (χ0n) is 5.35. The van der Waals surface area contributed by atoms with Crippen molar-refractivity contribution in [2.75, 3.05) is 0 Å². The fraction of sp³-hybridized carbons (Fsp3) is 0.429. The molecule has 0 saturated heterocycles. The highest BCUT2D eigenvalue weighted by Gasteiger charge is 1.99. The van der Waals surface area contributed by atoms with E-state index in [-0.39, 0.29) is 20.4 Å². The lowest BCUT2D eigenvalue weighted by atomic mass is 10.5. The average Bonchev–Trinajstić information content (AvgIpc) is 2.19. The molecule has 40 valence electrons. The van der Waals surface area contributed by atoms with E-state index in [1.54, 1.807) is 3.70 Å². The van der Waals surface area contributed by atoms with Gasteiger partial charge in [0.05, 0.1) is 0 Å². The third kappa shape index (κ3) is 1.64. The van der Waals surface area contributed by atoms with Crippen molar-refractivity contribution in [2.24, 2.45) is 0 Å². The van der Waals surface area contributed by atoms with E-state index in [4.69, 9.17) is 0 Å². The lowest BCUT2D eigenvalue weighted by Gasteiger charge is -1.91. The Balaban J connectivity index is 2.28. The van der Waals surface area contributed by atoms with Crippen LogP contribution in [0.4, 0.5) is 0 Å². The second-order valence-electron chi connectivity index (χ2n) is 2.21. The van der Waals surface area contributed by atoms with Crippen LogP contribution in [0.5, 0.6) is 0 Å². The smallest absolute Gasteiger partial charge is 0.191 e. The summed E-state index contributed by atoms with van der Waals surface area (Å²) in [5, 5.41) is 0. The Morgan fingerprint density at radius 1 is 1.75 bits per heavy atom. The first kappa shape index (κ1) is 6.37. The molecule has 0 bridgehead atoms. The standard InChI is InChI=1S/C5H5.C2H5.Mg/c1-2-4-5-3-1;1-2;/h1-3H,4H2;1H2,2H3;. The minimum absolute atomic E-state index is 0.197.